The molecule has 1 spiro atoms. The van der Waals surface area contributed by atoms with Crippen LogP contribution in [0, 0.1) is 0 Å². The summed E-state index contributed by atoms with van der Waals surface area (Å²) in [6, 6.07) is 8.43. The predicted octanol–water partition coefficient (Wildman–Crippen LogP) is 5.07. The maximum absolute atomic E-state index is 13.5. The fraction of sp³-hybridized carbons (Fsp3) is 0.600. The van der Waals surface area contributed by atoms with E-state index in [1.54, 1.807) is 0 Å². The van der Waals surface area contributed by atoms with E-state index in [0.717, 1.165) is 18.4 Å². The van der Waals surface area contributed by atoms with Crippen LogP contribution in [-0.2, 0) is 25.6 Å². The second kappa shape index (κ2) is 7.12. The quantitative estimate of drug-likeness (QED) is 0.716. The van der Waals surface area contributed by atoms with Gasteiger partial charge in [0, 0.05) is 23.0 Å². The van der Waals surface area contributed by atoms with E-state index in [1.165, 1.54) is 35.9 Å². The van der Waals surface area contributed by atoms with Crippen LogP contribution < -0.4 is 5.32 Å². The van der Waals surface area contributed by atoms with Gasteiger partial charge in [-0.1, -0.05) is 37.5 Å². The van der Waals surface area contributed by atoms with Gasteiger partial charge in [0.05, 0.1) is 18.8 Å². The summed E-state index contributed by atoms with van der Waals surface area (Å²) in [5.74, 6) is -0.299. The van der Waals surface area contributed by atoms with E-state index in [1.807, 2.05) is 13.8 Å². The van der Waals surface area contributed by atoms with Crippen LogP contribution in [0.5, 0.6) is 0 Å². The molecule has 1 atom stereocenters. The smallest absolute Gasteiger partial charge is 0.347 e. The second-order valence-corrected chi connectivity index (χ2v) is 9.63. The first kappa shape index (κ1) is 18.2. The van der Waals surface area contributed by atoms with Gasteiger partial charge in [-0.3, -0.25) is 9.88 Å². The van der Waals surface area contributed by atoms with Crippen molar-refractivity contribution in [2.45, 2.75) is 63.7 Å². The molecule has 4 rings (SSSR count). The largest absolute Gasteiger partial charge is 0.357 e. The monoisotopic (exact) mass is 376 g/mol. The summed E-state index contributed by atoms with van der Waals surface area (Å²) in [4.78, 5) is 3.68. The summed E-state index contributed by atoms with van der Waals surface area (Å²) < 4.78 is 25.0. The third kappa shape index (κ3) is 2.95. The lowest BCUT2D eigenvalue weighted by Crippen LogP contribution is -2.54. The first-order chi connectivity index (χ1) is 12.6. The van der Waals surface area contributed by atoms with Crippen LogP contribution in [0.1, 0.15) is 57.2 Å². The van der Waals surface area contributed by atoms with Gasteiger partial charge in [0.2, 0.25) is 0 Å². The molecule has 6 heteroatoms. The zero-order chi connectivity index (χ0) is 18.2. The minimum atomic E-state index is -3.22. The van der Waals surface area contributed by atoms with E-state index in [9.17, 15) is 4.57 Å². The maximum Gasteiger partial charge on any atom is 0.347 e. The fourth-order valence-corrected chi connectivity index (χ4v) is 6.74. The minimum Gasteiger partial charge on any atom is -0.357 e. The Kier molecular flexibility index (Phi) is 5.00. The first-order valence-corrected chi connectivity index (χ1v) is 11.5. The number of H-pyrrole nitrogens is 1. The van der Waals surface area contributed by atoms with Gasteiger partial charge >= 0.3 is 7.60 Å². The Labute approximate surface area is 155 Å². The van der Waals surface area contributed by atoms with Crippen molar-refractivity contribution in [3.8, 4) is 0 Å². The summed E-state index contributed by atoms with van der Waals surface area (Å²) in [6.45, 7) is 4.54. The Hall–Kier alpha value is -1.13. The number of benzene rings is 1. The molecule has 1 aliphatic heterocycles. The molecule has 142 valence electrons. The molecule has 0 amide bonds. The molecule has 1 aromatic carbocycles. The Morgan fingerprint density at radius 1 is 1.12 bits per heavy atom. The van der Waals surface area contributed by atoms with Crippen molar-refractivity contribution in [3.05, 3.63) is 35.5 Å². The van der Waals surface area contributed by atoms with Gasteiger partial charge in [-0.15, -0.1) is 0 Å². The molecular weight excluding hydrogens is 347 g/mol. The van der Waals surface area contributed by atoms with Gasteiger partial charge < -0.3 is 14.0 Å². The van der Waals surface area contributed by atoms with Crippen LogP contribution in [0.3, 0.4) is 0 Å². The SMILES string of the molecule is CCOP(=O)(OCC)C1Cc2c([nH]c3ccccc23)C2(CCCCC2)N1. The molecule has 0 bridgehead atoms. The van der Waals surface area contributed by atoms with E-state index < -0.39 is 7.60 Å². The van der Waals surface area contributed by atoms with Crippen molar-refractivity contribution in [3.63, 3.8) is 0 Å². The van der Waals surface area contributed by atoms with Gasteiger partial charge in [0.25, 0.3) is 0 Å². The van der Waals surface area contributed by atoms with Crippen LogP contribution in [0.25, 0.3) is 10.9 Å². The zero-order valence-electron chi connectivity index (χ0n) is 15.7. The van der Waals surface area contributed by atoms with Gasteiger partial charge in [-0.2, -0.15) is 0 Å². The summed E-state index contributed by atoms with van der Waals surface area (Å²) in [6.07, 6.45) is 6.41. The number of aromatic amines is 1. The number of para-hydroxylation sites is 1. The maximum atomic E-state index is 13.5. The molecule has 26 heavy (non-hydrogen) atoms. The highest BCUT2D eigenvalue weighted by atomic mass is 31.2. The number of hydrogen-bond donors (Lipinski definition) is 2. The Bertz CT molecular complexity index is 816. The average Bonchev–Trinajstić information content (AvgIpc) is 3.03. The van der Waals surface area contributed by atoms with Crippen molar-refractivity contribution >= 4 is 18.5 Å². The molecule has 2 aromatic rings. The highest BCUT2D eigenvalue weighted by Gasteiger charge is 2.49. The van der Waals surface area contributed by atoms with Crippen LogP contribution in [0.15, 0.2) is 24.3 Å². The molecule has 0 radical (unpaired) electrons. The lowest BCUT2D eigenvalue weighted by atomic mass is 9.75. The molecule has 1 aromatic heterocycles. The molecule has 1 aliphatic carbocycles. The molecule has 2 aliphatic rings. The van der Waals surface area contributed by atoms with Gasteiger partial charge in [-0.05, 0) is 38.3 Å². The number of hydrogen-bond acceptors (Lipinski definition) is 4. The molecule has 1 unspecified atom stereocenters. The van der Waals surface area contributed by atoms with Gasteiger partial charge in [-0.25, -0.2) is 0 Å². The first-order valence-electron chi connectivity index (χ1n) is 9.88. The van der Waals surface area contributed by atoms with Gasteiger partial charge in [0.1, 0.15) is 5.78 Å². The highest BCUT2D eigenvalue weighted by Crippen LogP contribution is 2.57. The lowest BCUT2D eigenvalue weighted by molar-refractivity contribution is 0.167. The zero-order valence-corrected chi connectivity index (χ0v) is 16.6. The lowest BCUT2D eigenvalue weighted by Gasteiger charge is -2.45. The van der Waals surface area contributed by atoms with Crippen LogP contribution in [-0.4, -0.2) is 24.0 Å². The average molecular weight is 376 g/mol. The van der Waals surface area contributed by atoms with E-state index in [2.05, 4.69) is 34.6 Å². The summed E-state index contributed by atoms with van der Waals surface area (Å²) in [7, 11) is -3.22. The molecule has 5 nitrogen and oxygen atoms in total. The van der Waals surface area contributed by atoms with Gasteiger partial charge in [0.15, 0.2) is 0 Å². The fourth-order valence-electron chi connectivity index (χ4n) is 4.77. The van der Waals surface area contributed by atoms with Crippen molar-refractivity contribution in [2.75, 3.05) is 13.2 Å². The molecule has 1 saturated carbocycles. The predicted molar refractivity (Wildman–Crippen MR) is 105 cm³/mol. The van der Waals surface area contributed by atoms with E-state index in [0.29, 0.717) is 19.6 Å². The van der Waals surface area contributed by atoms with Crippen molar-refractivity contribution in [1.82, 2.24) is 10.3 Å². The minimum absolute atomic E-state index is 0.153. The highest BCUT2D eigenvalue weighted by molar-refractivity contribution is 7.54. The van der Waals surface area contributed by atoms with E-state index in [4.69, 9.17) is 9.05 Å². The van der Waals surface area contributed by atoms with Crippen LogP contribution >= 0.6 is 7.60 Å². The Morgan fingerprint density at radius 3 is 2.50 bits per heavy atom. The van der Waals surface area contributed by atoms with Crippen LogP contribution in [0.2, 0.25) is 0 Å². The normalized spacial score (nSPS) is 22.6. The van der Waals surface area contributed by atoms with E-state index >= 15 is 0 Å². The summed E-state index contributed by atoms with van der Waals surface area (Å²) >= 11 is 0. The summed E-state index contributed by atoms with van der Waals surface area (Å²) in [5, 5.41) is 4.99. The van der Waals surface area contributed by atoms with Crippen molar-refractivity contribution in [1.29, 1.82) is 0 Å². The third-order valence-electron chi connectivity index (χ3n) is 5.84. The van der Waals surface area contributed by atoms with Crippen molar-refractivity contribution < 1.29 is 13.6 Å². The number of rotatable bonds is 5. The van der Waals surface area contributed by atoms with E-state index in [-0.39, 0.29) is 11.3 Å². The molecule has 2 N–H and O–H groups in total. The number of nitrogens with one attached hydrogen (secondary N) is 2. The molecule has 0 saturated heterocycles. The topological polar surface area (TPSA) is 63.4 Å². The van der Waals surface area contributed by atoms with Crippen molar-refractivity contribution in [2.24, 2.45) is 0 Å². The molecule has 2 heterocycles. The Morgan fingerprint density at radius 2 is 1.81 bits per heavy atom. The molecule has 1 fully saturated rings. The number of fused-ring (bicyclic) bond motifs is 4. The summed E-state index contributed by atoms with van der Waals surface area (Å²) in [5.41, 5.74) is 3.58. The second-order valence-electron chi connectivity index (χ2n) is 7.41. The molecular formula is C20H29N2O3P. The third-order valence-corrected chi connectivity index (χ3v) is 8.15. The standard InChI is InChI=1S/C20H29N2O3P/c1-3-24-26(23,25-4-2)18-14-16-15-10-6-7-11-17(15)21-19(16)20(22-18)12-8-5-9-13-20/h6-7,10-11,18,21-22H,3-5,8-9,12-14H2,1-2H3. The Balaban J connectivity index is 1.83. The number of aromatic nitrogens is 1. The van der Waals surface area contributed by atoms with Crippen LogP contribution in [0.4, 0.5) is 0 Å².